The lowest BCUT2D eigenvalue weighted by molar-refractivity contribution is 0.0551. The summed E-state index contributed by atoms with van der Waals surface area (Å²) in [6, 6.07) is 0. The zero-order chi connectivity index (χ0) is 11.7. The number of carbonyl (C=O) groups excluding carboxylic acids is 2. The summed E-state index contributed by atoms with van der Waals surface area (Å²) < 4.78 is 9.32. The van der Waals surface area contributed by atoms with Crippen molar-refractivity contribution in [3.63, 3.8) is 0 Å². The molecule has 1 aliphatic carbocycles. The normalized spacial score (nSPS) is 13.4. The van der Waals surface area contributed by atoms with E-state index in [0.29, 0.717) is 5.56 Å². The van der Waals surface area contributed by atoms with Crippen LogP contribution in [0.15, 0.2) is 0 Å². The van der Waals surface area contributed by atoms with Gasteiger partial charge in [-0.15, -0.1) is 0 Å². The molecular weight excluding hydrogens is 210 g/mol. The van der Waals surface area contributed by atoms with Crippen LogP contribution in [0.1, 0.15) is 38.5 Å². The number of aromatic nitrogens is 1. The number of esters is 2. The minimum Gasteiger partial charge on any atom is -0.465 e. The van der Waals surface area contributed by atoms with Gasteiger partial charge in [0.2, 0.25) is 0 Å². The highest BCUT2D eigenvalue weighted by molar-refractivity contribution is 6.03. The molecule has 0 spiro atoms. The first-order valence-electron chi connectivity index (χ1n) is 5.09. The topological polar surface area (TPSA) is 68.4 Å². The van der Waals surface area contributed by atoms with E-state index in [4.69, 9.17) is 0 Å². The van der Waals surface area contributed by atoms with Gasteiger partial charge in [-0.3, -0.25) is 0 Å². The number of fused-ring (bicyclic) bond motifs is 1. The van der Waals surface area contributed by atoms with Crippen LogP contribution in [0.25, 0.3) is 0 Å². The lowest BCUT2D eigenvalue weighted by Gasteiger charge is -2.02. The fourth-order valence-corrected chi connectivity index (χ4v) is 2.10. The molecule has 0 saturated heterocycles. The van der Waals surface area contributed by atoms with E-state index >= 15 is 0 Å². The molecule has 0 fully saturated rings. The van der Waals surface area contributed by atoms with Gasteiger partial charge in [0.05, 0.1) is 19.8 Å². The fourth-order valence-electron chi connectivity index (χ4n) is 2.10. The molecule has 0 aliphatic heterocycles. The van der Waals surface area contributed by atoms with E-state index in [1.807, 2.05) is 0 Å². The maximum absolute atomic E-state index is 11.6. The Kier molecular flexibility index (Phi) is 2.68. The Morgan fingerprint density at radius 2 is 1.81 bits per heavy atom. The fraction of sp³-hybridized carbons (Fsp3) is 0.455. The molecule has 0 radical (unpaired) electrons. The molecule has 1 N–H and O–H groups in total. The zero-order valence-corrected chi connectivity index (χ0v) is 9.25. The molecule has 1 aromatic heterocycles. The van der Waals surface area contributed by atoms with Crippen molar-refractivity contribution in [3.8, 4) is 0 Å². The number of hydrogen-bond acceptors (Lipinski definition) is 4. The van der Waals surface area contributed by atoms with Gasteiger partial charge in [-0.25, -0.2) is 9.59 Å². The number of methoxy groups -OCH3 is 2. The summed E-state index contributed by atoms with van der Waals surface area (Å²) in [5.41, 5.74) is 2.38. The van der Waals surface area contributed by atoms with Crippen molar-refractivity contribution in [2.45, 2.75) is 19.3 Å². The van der Waals surface area contributed by atoms with Gasteiger partial charge >= 0.3 is 11.9 Å². The molecule has 0 saturated carbocycles. The van der Waals surface area contributed by atoms with Crippen LogP contribution in [0.2, 0.25) is 0 Å². The third kappa shape index (κ3) is 1.48. The third-order valence-electron chi connectivity index (χ3n) is 2.82. The number of H-pyrrole nitrogens is 1. The smallest absolute Gasteiger partial charge is 0.355 e. The quantitative estimate of drug-likeness (QED) is 0.761. The molecule has 2 rings (SSSR count). The summed E-state index contributed by atoms with van der Waals surface area (Å²) in [5.74, 6) is -1.02. The van der Waals surface area contributed by atoms with E-state index in [0.717, 1.165) is 30.5 Å². The molecule has 1 aliphatic rings. The van der Waals surface area contributed by atoms with E-state index in [-0.39, 0.29) is 5.69 Å². The first-order valence-corrected chi connectivity index (χ1v) is 5.09. The van der Waals surface area contributed by atoms with Crippen molar-refractivity contribution in [2.75, 3.05) is 14.2 Å². The molecule has 1 aromatic rings. The first kappa shape index (κ1) is 10.7. The van der Waals surface area contributed by atoms with Gasteiger partial charge in [-0.1, -0.05) is 0 Å². The predicted molar refractivity (Wildman–Crippen MR) is 55.5 cm³/mol. The zero-order valence-electron chi connectivity index (χ0n) is 9.25. The molecule has 0 atom stereocenters. The van der Waals surface area contributed by atoms with Gasteiger partial charge in [0, 0.05) is 5.69 Å². The predicted octanol–water partition coefficient (Wildman–Crippen LogP) is 1.08. The Labute approximate surface area is 92.7 Å². The van der Waals surface area contributed by atoms with Crippen LogP contribution in [-0.2, 0) is 22.3 Å². The summed E-state index contributed by atoms with van der Waals surface area (Å²) in [5, 5.41) is 0. The maximum atomic E-state index is 11.6. The van der Waals surface area contributed by atoms with Crippen molar-refractivity contribution < 1.29 is 19.1 Å². The summed E-state index contributed by atoms with van der Waals surface area (Å²) in [6.07, 6.45) is 2.65. The van der Waals surface area contributed by atoms with Gasteiger partial charge < -0.3 is 14.5 Å². The molecule has 5 nitrogen and oxygen atoms in total. The second kappa shape index (κ2) is 4.00. The Hall–Kier alpha value is -1.78. The van der Waals surface area contributed by atoms with E-state index < -0.39 is 11.9 Å². The monoisotopic (exact) mass is 223 g/mol. The number of aromatic amines is 1. The lowest BCUT2D eigenvalue weighted by atomic mass is 10.1. The SMILES string of the molecule is COC(=O)c1[nH]c2c(c1C(=O)OC)CCC2. The van der Waals surface area contributed by atoms with Crippen molar-refractivity contribution in [1.29, 1.82) is 0 Å². The highest BCUT2D eigenvalue weighted by Crippen LogP contribution is 2.28. The molecule has 0 unspecified atom stereocenters. The van der Waals surface area contributed by atoms with Crippen molar-refractivity contribution in [2.24, 2.45) is 0 Å². The van der Waals surface area contributed by atoms with Crippen LogP contribution in [0.5, 0.6) is 0 Å². The molecule has 16 heavy (non-hydrogen) atoms. The van der Waals surface area contributed by atoms with Crippen LogP contribution in [0, 0.1) is 0 Å². The number of nitrogens with one attached hydrogen (secondary N) is 1. The second-order valence-corrected chi connectivity index (χ2v) is 3.67. The average Bonchev–Trinajstić information content (AvgIpc) is 2.86. The van der Waals surface area contributed by atoms with Crippen LogP contribution in [0.4, 0.5) is 0 Å². The van der Waals surface area contributed by atoms with E-state index in [9.17, 15) is 9.59 Å². The molecule has 0 bridgehead atoms. The first-order chi connectivity index (χ1) is 7.69. The number of aryl methyl sites for hydroxylation is 1. The van der Waals surface area contributed by atoms with Gasteiger partial charge in [0.15, 0.2) is 0 Å². The summed E-state index contributed by atoms with van der Waals surface area (Å²) >= 11 is 0. The van der Waals surface area contributed by atoms with Gasteiger partial charge in [0.25, 0.3) is 0 Å². The number of rotatable bonds is 2. The minimum absolute atomic E-state index is 0.207. The van der Waals surface area contributed by atoms with Crippen molar-refractivity contribution in [3.05, 3.63) is 22.5 Å². The van der Waals surface area contributed by atoms with Gasteiger partial charge in [-0.05, 0) is 24.8 Å². The van der Waals surface area contributed by atoms with Crippen LogP contribution in [-0.4, -0.2) is 31.1 Å². The Bertz CT molecular complexity index is 447. The Balaban J connectivity index is 2.53. The Morgan fingerprint density at radius 3 is 2.44 bits per heavy atom. The van der Waals surface area contributed by atoms with Gasteiger partial charge in [0.1, 0.15) is 5.69 Å². The van der Waals surface area contributed by atoms with E-state index in [1.165, 1.54) is 14.2 Å². The van der Waals surface area contributed by atoms with Crippen molar-refractivity contribution >= 4 is 11.9 Å². The molecule has 1 heterocycles. The molecular formula is C11H13NO4. The van der Waals surface area contributed by atoms with Crippen LogP contribution in [0.3, 0.4) is 0 Å². The Morgan fingerprint density at radius 1 is 1.12 bits per heavy atom. The summed E-state index contributed by atoms with van der Waals surface area (Å²) in [7, 11) is 2.59. The van der Waals surface area contributed by atoms with Crippen LogP contribution < -0.4 is 0 Å². The van der Waals surface area contributed by atoms with Crippen molar-refractivity contribution in [1.82, 2.24) is 4.98 Å². The number of hydrogen-bond donors (Lipinski definition) is 1. The van der Waals surface area contributed by atoms with Gasteiger partial charge in [-0.2, -0.15) is 0 Å². The third-order valence-corrected chi connectivity index (χ3v) is 2.82. The lowest BCUT2D eigenvalue weighted by Crippen LogP contribution is -2.12. The van der Waals surface area contributed by atoms with Crippen LogP contribution >= 0.6 is 0 Å². The largest absolute Gasteiger partial charge is 0.465 e. The average molecular weight is 223 g/mol. The second-order valence-electron chi connectivity index (χ2n) is 3.67. The highest BCUT2D eigenvalue weighted by Gasteiger charge is 2.29. The summed E-state index contributed by atoms with van der Waals surface area (Å²) in [4.78, 5) is 26.1. The highest BCUT2D eigenvalue weighted by atomic mass is 16.5. The standard InChI is InChI=1S/C11H13NO4/c1-15-10(13)8-6-4-3-5-7(6)12-9(8)11(14)16-2/h12H,3-5H2,1-2H3. The number of ether oxygens (including phenoxy) is 2. The molecule has 0 amide bonds. The van der Waals surface area contributed by atoms with E-state index in [1.54, 1.807) is 0 Å². The maximum Gasteiger partial charge on any atom is 0.355 e. The molecule has 5 heteroatoms. The summed E-state index contributed by atoms with van der Waals surface area (Å²) in [6.45, 7) is 0. The minimum atomic E-state index is -0.533. The van der Waals surface area contributed by atoms with E-state index in [2.05, 4.69) is 14.5 Å². The number of carbonyl (C=O) groups is 2. The molecule has 0 aromatic carbocycles. The molecule has 86 valence electrons.